The lowest BCUT2D eigenvalue weighted by atomic mass is 9.92. The second-order valence-electron chi connectivity index (χ2n) is 5.57. The van der Waals surface area contributed by atoms with Crippen molar-refractivity contribution in [2.24, 2.45) is 11.7 Å². The Bertz CT molecular complexity index is 185. The minimum Gasteiger partial charge on any atom is -0.326 e. The summed E-state index contributed by atoms with van der Waals surface area (Å²) in [4.78, 5) is 2.68. The Morgan fingerprint density at radius 2 is 1.67 bits per heavy atom. The molecule has 0 aromatic rings. The van der Waals surface area contributed by atoms with Crippen LogP contribution < -0.4 is 5.73 Å². The van der Waals surface area contributed by atoms with Gasteiger partial charge in [0.1, 0.15) is 0 Å². The number of hydrogen-bond acceptors (Lipinski definition) is 2. The van der Waals surface area contributed by atoms with E-state index < -0.39 is 0 Å². The van der Waals surface area contributed by atoms with Crippen molar-refractivity contribution >= 4 is 0 Å². The van der Waals surface area contributed by atoms with Crippen molar-refractivity contribution in [3.63, 3.8) is 0 Å². The van der Waals surface area contributed by atoms with Crippen molar-refractivity contribution in [1.82, 2.24) is 4.90 Å². The third kappa shape index (κ3) is 2.94. The van der Waals surface area contributed by atoms with Gasteiger partial charge in [0, 0.05) is 18.6 Å². The van der Waals surface area contributed by atoms with Crippen molar-refractivity contribution < 1.29 is 0 Å². The Hall–Kier alpha value is -0.0800. The first-order valence-corrected chi connectivity index (χ1v) is 6.77. The third-order valence-corrected chi connectivity index (χ3v) is 4.39. The molecule has 2 atom stereocenters. The van der Waals surface area contributed by atoms with E-state index in [-0.39, 0.29) is 0 Å². The standard InChI is InChI=1S/C13H26N2/c1-11-8-9-15(10-13(11)14)12-6-4-2-3-5-7-12/h11-13H,2-10,14H2,1H3. The zero-order valence-corrected chi connectivity index (χ0v) is 10.1. The van der Waals surface area contributed by atoms with Crippen molar-refractivity contribution in [1.29, 1.82) is 0 Å². The van der Waals surface area contributed by atoms with Crippen molar-refractivity contribution in [3.05, 3.63) is 0 Å². The maximum absolute atomic E-state index is 6.17. The number of nitrogens with two attached hydrogens (primary N) is 1. The van der Waals surface area contributed by atoms with E-state index in [4.69, 9.17) is 5.73 Å². The summed E-state index contributed by atoms with van der Waals surface area (Å²) in [5, 5.41) is 0. The Balaban J connectivity index is 1.86. The minimum absolute atomic E-state index is 0.419. The van der Waals surface area contributed by atoms with Gasteiger partial charge in [-0.05, 0) is 31.7 Å². The molecule has 0 radical (unpaired) electrons. The zero-order valence-electron chi connectivity index (χ0n) is 10.1. The highest BCUT2D eigenvalue weighted by molar-refractivity contribution is 4.85. The summed E-state index contributed by atoms with van der Waals surface area (Å²) < 4.78 is 0. The van der Waals surface area contributed by atoms with Crippen LogP contribution in [0.1, 0.15) is 51.9 Å². The van der Waals surface area contributed by atoms with Gasteiger partial charge < -0.3 is 5.73 Å². The second kappa shape index (κ2) is 5.31. The molecule has 0 aromatic heterocycles. The lowest BCUT2D eigenvalue weighted by molar-refractivity contribution is 0.110. The quantitative estimate of drug-likeness (QED) is 0.673. The summed E-state index contributed by atoms with van der Waals surface area (Å²) in [7, 11) is 0. The van der Waals surface area contributed by atoms with Crippen LogP contribution in [0.5, 0.6) is 0 Å². The number of likely N-dealkylation sites (tertiary alicyclic amines) is 1. The van der Waals surface area contributed by atoms with E-state index in [1.54, 1.807) is 0 Å². The number of nitrogens with zero attached hydrogens (tertiary/aromatic N) is 1. The molecule has 2 rings (SSSR count). The van der Waals surface area contributed by atoms with E-state index in [0.29, 0.717) is 6.04 Å². The predicted molar refractivity (Wildman–Crippen MR) is 64.8 cm³/mol. The average Bonchev–Trinajstić information content (AvgIpc) is 2.50. The average molecular weight is 210 g/mol. The molecule has 88 valence electrons. The molecular formula is C13H26N2. The van der Waals surface area contributed by atoms with E-state index in [1.807, 2.05) is 0 Å². The summed E-state index contributed by atoms with van der Waals surface area (Å²) in [6.07, 6.45) is 9.91. The van der Waals surface area contributed by atoms with Crippen LogP contribution in [-0.4, -0.2) is 30.1 Å². The third-order valence-electron chi connectivity index (χ3n) is 4.39. The lowest BCUT2D eigenvalue weighted by Gasteiger charge is -2.39. The summed E-state index contributed by atoms with van der Waals surface area (Å²) in [6, 6.07) is 1.27. The summed E-state index contributed by atoms with van der Waals surface area (Å²) >= 11 is 0. The molecule has 2 nitrogen and oxygen atoms in total. The molecule has 15 heavy (non-hydrogen) atoms. The molecule has 1 heterocycles. The maximum Gasteiger partial charge on any atom is 0.0194 e. The van der Waals surface area contributed by atoms with Gasteiger partial charge in [-0.3, -0.25) is 4.90 Å². The van der Waals surface area contributed by atoms with Gasteiger partial charge in [-0.2, -0.15) is 0 Å². The SMILES string of the molecule is CC1CCN(C2CCCCCC2)CC1N. The Morgan fingerprint density at radius 3 is 2.27 bits per heavy atom. The molecule has 2 N–H and O–H groups in total. The van der Waals surface area contributed by atoms with Crippen LogP contribution in [0.4, 0.5) is 0 Å². The van der Waals surface area contributed by atoms with Gasteiger partial charge in [0.25, 0.3) is 0 Å². The monoisotopic (exact) mass is 210 g/mol. The number of piperidine rings is 1. The summed E-state index contributed by atoms with van der Waals surface area (Å²) in [5.74, 6) is 0.729. The fourth-order valence-corrected chi connectivity index (χ4v) is 3.08. The molecule has 2 fully saturated rings. The van der Waals surface area contributed by atoms with Crippen LogP contribution in [0.2, 0.25) is 0 Å². The first-order valence-electron chi connectivity index (χ1n) is 6.77. The van der Waals surface area contributed by atoms with Gasteiger partial charge in [0.05, 0.1) is 0 Å². The minimum atomic E-state index is 0.419. The van der Waals surface area contributed by atoms with Crippen LogP contribution in [0, 0.1) is 5.92 Å². The fraction of sp³-hybridized carbons (Fsp3) is 1.00. The number of rotatable bonds is 1. The van der Waals surface area contributed by atoms with Gasteiger partial charge in [-0.15, -0.1) is 0 Å². The molecule has 2 aliphatic rings. The van der Waals surface area contributed by atoms with Gasteiger partial charge in [-0.1, -0.05) is 32.6 Å². The van der Waals surface area contributed by atoms with Crippen molar-refractivity contribution in [3.8, 4) is 0 Å². The van der Waals surface area contributed by atoms with Crippen LogP contribution in [0.3, 0.4) is 0 Å². The first kappa shape index (κ1) is 11.4. The van der Waals surface area contributed by atoms with Gasteiger partial charge >= 0.3 is 0 Å². The van der Waals surface area contributed by atoms with Crippen molar-refractivity contribution in [2.75, 3.05) is 13.1 Å². The lowest BCUT2D eigenvalue weighted by Crippen LogP contribution is -2.51. The highest BCUT2D eigenvalue weighted by Crippen LogP contribution is 2.25. The van der Waals surface area contributed by atoms with E-state index in [0.717, 1.165) is 18.5 Å². The fourth-order valence-electron chi connectivity index (χ4n) is 3.08. The van der Waals surface area contributed by atoms with Gasteiger partial charge in [-0.25, -0.2) is 0 Å². The first-order chi connectivity index (χ1) is 7.27. The smallest absolute Gasteiger partial charge is 0.0194 e. The predicted octanol–water partition coefficient (Wildman–Crippen LogP) is 2.38. The highest BCUT2D eigenvalue weighted by Gasteiger charge is 2.28. The van der Waals surface area contributed by atoms with Crippen LogP contribution in [0.25, 0.3) is 0 Å². The van der Waals surface area contributed by atoms with Crippen LogP contribution in [0.15, 0.2) is 0 Å². The largest absolute Gasteiger partial charge is 0.326 e. The van der Waals surface area contributed by atoms with E-state index in [1.165, 1.54) is 51.5 Å². The topological polar surface area (TPSA) is 29.3 Å². The number of hydrogen-bond donors (Lipinski definition) is 1. The molecule has 1 saturated carbocycles. The molecule has 1 saturated heterocycles. The Morgan fingerprint density at radius 1 is 1.00 bits per heavy atom. The molecule has 2 unspecified atom stereocenters. The highest BCUT2D eigenvalue weighted by atomic mass is 15.2. The molecule has 1 aliphatic carbocycles. The molecule has 0 aromatic carbocycles. The molecular weight excluding hydrogens is 184 g/mol. The Kier molecular flexibility index (Phi) is 4.04. The van der Waals surface area contributed by atoms with Crippen LogP contribution in [-0.2, 0) is 0 Å². The Labute approximate surface area is 94.2 Å². The summed E-state index contributed by atoms with van der Waals surface area (Å²) in [6.45, 7) is 4.74. The molecule has 2 heteroatoms. The maximum atomic E-state index is 6.17. The van der Waals surface area contributed by atoms with E-state index >= 15 is 0 Å². The van der Waals surface area contributed by atoms with Gasteiger partial charge in [0.15, 0.2) is 0 Å². The molecule has 1 aliphatic heterocycles. The summed E-state index contributed by atoms with van der Waals surface area (Å²) in [5.41, 5.74) is 6.17. The van der Waals surface area contributed by atoms with Crippen LogP contribution >= 0.6 is 0 Å². The normalized spacial score (nSPS) is 36.4. The second-order valence-corrected chi connectivity index (χ2v) is 5.57. The molecule has 0 bridgehead atoms. The zero-order chi connectivity index (χ0) is 10.7. The molecule has 0 spiro atoms. The van der Waals surface area contributed by atoms with E-state index in [9.17, 15) is 0 Å². The van der Waals surface area contributed by atoms with Gasteiger partial charge in [0.2, 0.25) is 0 Å². The molecule has 0 amide bonds. The van der Waals surface area contributed by atoms with E-state index in [2.05, 4.69) is 11.8 Å². The van der Waals surface area contributed by atoms with Crippen molar-refractivity contribution in [2.45, 2.75) is 64.0 Å².